The first-order valence-corrected chi connectivity index (χ1v) is 9.97. The second-order valence-electron chi connectivity index (χ2n) is 7.37. The van der Waals surface area contributed by atoms with E-state index in [0.717, 1.165) is 22.3 Å². The normalized spacial score (nSPS) is 10.6. The molecule has 146 valence electrons. The van der Waals surface area contributed by atoms with Crippen LogP contribution in [0.3, 0.4) is 0 Å². The van der Waals surface area contributed by atoms with Crippen molar-refractivity contribution in [3.63, 3.8) is 0 Å². The van der Waals surface area contributed by atoms with Crippen LogP contribution in [0.4, 0.5) is 0 Å². The molecular formula is C28H22O2. The smallest absolute Gasteiger partial charge is 0.194 e. The van der Waals surface area contributed by atoms with E-state index in [0.29, 0.717) is 22.3 Å². The maximum atomic E-state index is 13.5. The second kappa shape index (κ2) is 8.30. The van der Waals surface area contributed by atoms with Crippen molar-refractivity contribution in [2.24, 2.45) is 0 Å². The third kappa shape index (κ3) is 3.60. The topological polar surface area (TPSA) is 34.1 Å². The lowest BCUT2D eigenvalue weighted by Crippen LogP contribution is -2.14. The van der Waals surface area contributed by atoms with Crippen LogP contribution in [-0.4, -0.2) is 11.6 Å². The molecule has 0 saturated heterocycles. The molecule has 0 fully saturated rings. The fourth-order valence-electron chi connectivity index (χ4n) is 3.84. The van der Waals surface area contributed by atoms with Crippen LogP contribution >= 0.6 is 0 Å². The average molecular weight is 390 g/mol. The summed E-state index contributed by atoms with van der Waals surface area (Å²) in [6, 6.07) is 30.1. The van der Waals surface area contributed by atoms with Crippen molar-refractivity contribution >= 4 is 11.6 Å². The predicted octanol–water partition coefficient (Wildman–Crippen LogP) is 6.43. The minimum absolute atomic E-state index is 0.136. The number of carbonyl (C=O) groups excluding carboxylic acids is 2. The molecule has 0 amide bonds. The Morgan fingerprint density at radius 1 is 0.533 bits per heavy atom. The van der Waals surface area contributed by atoms with Crippen molar-refractivity contribution in [1.82, 2.24) is 0 Å². The van der Waals surface area contributed by atoms with Crippen LogP contribution in [0.5, 0.6) is 0 Å². The van der Waals surface area contributed by atoms with Gasteiger partial charge in [0.05, 0.1) is 0 Å². The van der Waals surface area contributed by atoms with E-state index in [1.165, 1.54) is 0 Å². The molecule has 4 rings (SSSR count). The number of hydrogen-bond donors (Lipinski definition) is 0. The standard InChI is InChI=1S/C28H22O2/c1-19-11-9-10-16-23(19)24-17-18-25(27(29)21-12-5-3-6-13-21)26(20(24)2)28(30)22-14-7-4-8-15-22/h3-18H,1-2H3. The van der Waals surface area contributed by atoms with E-state index in [4.69, 9.17) is 0 Å². The van der Waals surface area contributed by atoms with Crippen molar-refractivity contribution in [2.45, 2.75) is 13.8 Å². The molecule has 0 unspecified atom stereocenters. The Hall–Kier alpha value is -3.78. The third-order valence-corrected chi connectivity index (χ3v) is 5.44. The summed E-state index contributed by atoms with van der Waals surface area (Å²) in [5, 5.41) is 0. The van der Waals surface area contributed by atoms with Crippen LogP contribution in [0.15, 0.2) is 97.1 Å². The first kappa shape index (κ1) is 19.5. The number of aryl methyl sites for hydroxylation is 1. The van der Waals surface area contributed by atoms with Crippen molar-refractivity contribution in [3.05, 3.63) is 130 Å². The minimum atomic E-state index is -0.144. The highest BCUT2D eigenvalue weighted by Crippen LogP contribution is 2.32. The average Bonchev–Trinajstić information content (AvgIpc) is 2.80. The minimum Gasteiger partial charge on any atom is -0.289 e. The summed E-state index contributed by atoms with van der Waals surface area (Å²) >= 11 is 0. The van der Waals surface area contributed by atoms with Gasteiger partial charge < -0.3 is 0 Å². The van der Waals surface area contributed by atoms with E-state index >= 15 is 0 Å². The van der Waals surface area contributed by atoms with Crippen LogP contribution in [-0.2, 0) is 0 Å². The van der Waals surface area contributed by atoms with E-state index in [1.807, 2.05) is 67.6 Å². The highest BCUT2D eigenvalue weighted by atomic mass is 16.1. The molecule has 0 aromatic heterocycles. The molecule has 0 spiro atoms. The number of ketones is 2. The summed E-state index contributed by atoms with van der Waals surface area (Å²) < 4.78 is 0. The molecule has 4 aromatic rings. The quantitative estimate of drug-likeness (QED) is 0.368. The SMILES string of the molecule is Cc1ccccc1-c1ccc(C(=O)c2ccccc2)c(C(=O)c2ccccc2)c1C. The summed E-state index contributed by atoms with van der Waals surface area (Å²) in [6.45, 7) is 3.98. The van der Waals surface area contributed by atoms with Crippen LogP contribution in [0, 0.1) is 13.8 Å². The van der Waals surface area contributed by atoms with E-state index in [2.05, 4.69) is 13.0 Å². The lowest BCUT2D eigenvalue weighted by Gasteiger charge is -2.17. The molecule has 0 atom stereocenters. The Kier molecular flexibility index (Phi) is 5.40. The molecule has 0 radical (unpaired) electrons. The molecule has 0 N–H and O–H groups in total. The molecule has 4 aromatic carbocycles. The zero-order valence-corrected chi connectivity index (χ0v) is 17.1. The molecule has 0 aliphatic carbocycles. The summed E-state index contributed by atoms with van der Waals surface area (Å²) in [4.78, 5) is 26.9. The molecule has 0 aliphatic heterocycles. The maximum absolute atomic E-state index is 13.5. The first-order valence-electron chi connectivity index (χ1n) is 9.97. The molecule has 0 bridgehead atoms. The molecule has 0 aliphatic rings. The van der Waals surface area contributed by atoms with Gasteiger partial charge in [-0.05, 0) is 42.2 Å². The van der Waals surface area contributed by atoms with Crippen LogP contribution < -0.4 is 0 Å². The van der Waals surface area contributed by atoms with Gasteiger partial charge in [0, 0.05) is 22.3 Å². The highest BCUT2D eigenvalue weighted by molar-refractivity contribution is 6.20. The highest BCUT2D eigenvalue weighted by Gasteiger charge is 2.24. The summed E-state index contributed by atoms with van der Waals surface area (Å²) in [5.41, 5.74) is 6.03. The van der Waals surface area contributed by atoms with Crippen LogP contribution in [0.1, 0.15) is 43.0 Å². The Balaban J connectivity index is 1.95. The van der Waals surface area contributed by atoms with E-state index in [9.17, 15) is 9.59 Å². The van der Waals surface area contributed by atoms with E-state index < -0.39 is 0 Å². The maximum Gasteiger partial charge on any atom is 0.194 e. The van der Waals surface area contributed by atoms with Gasteiger partial charge in [0.1, 0.15) is 0 Å². The van der Waals surface area contributed by atoms with Crippen LogP contribution in [0.2, 0.25) is 0 Å². The van der Waals surface area contributed by atoms with Gasteiger partial charge >= 0.3 is 0 Å². The molecule has 0 heterocycles. The van der Waals surface area contributed by atoms with Crippen molar-refractivity contribution in [2.75, 3.05) is 0 Å². The second-order valence-corrected chi connectivity index (χ2v) is 7.37. The molecular weight excluding hydrogens is 368 g/mol. The molecule has 2 heteroatoms. The van der Waals surface area contributed by atoms with Gasteiger partial charge in [-0.1, -0.05) is 91.0 Å². The number of rotatable bonds is 5. The Bertz CT molecular complexity index is 1220. The monoisotopic (exact) mass is 390 g/mol. The van der Waals surface area contributed by atoms with Gasteiger partial charge in [-0.15, -0.1) is 0 Å². The fourth-order valence-corrected chi connectivity index (χ4v) is 3.84. The van der Waals surface area contributed by atoms with Gasteiger partial charge in [0.2, 0.25) is 0 Å². The van der Waals surface area contributed by atoms with Gasteiger partial charge in [-0.25, -0.2) is 0 Å². The Morgan fingerprint density at radius 3 is 1.67 bits per heavy atom. The number of hydrogen-bond acceptors (Lipinski definition) is 2. The molecule has 2 nitrogen and oxygen atoms in total. The van der Waals surface area contributed by atoms with E-state index in [-0.39, 0.29) is 11.6 Å². The van der Waals surface area contributed by atoms with Gasteiger partial charge in [0.15, 0.2) is 11.6 Å². The third-order valence-electron chi connectivity index (χ3n) is 5.44. The molecule has 30 heavy (non-hydrogen) atoms. The first-order chi connectivity index (χ1) is 14.6. The lowest BCUT2D eigenvalue weighted by atomic mass is 9.85. The van der Waals surface area contributed by atoms with Crippen molar-refractivity contribution < 1.29 is 9.59 Å². The largest absolute Gasteiger partial charge is 0.289 e. The lowest BCUT2D eigenvalue weighted by molar-refractivity contribution is 0.100. The Morgan fingerprint density at radius 2 is 1.07 bits per heavy atom. The van der Waals surface area contributed by atoms with Gasteiger partial charge in [0.25, 0.3) is 0 Å². The zero-order chi connectivity index (χ0) is 21.1. The summed E-state index contributed by atoms with van der Waals surface area (Å²) in [5.74, 6) is -0.280. The summed E-state index contributed by atoms with van der Waals surface area (Å²) in [7, 11) is 0. The van der Waals surface area contributed by atoms with E-state index in [1.54, 1.807) is 30.3 Å². The molecule has 0 saturated carbocycles. The van der Waals surface area contributed by atoms with Crippen molar-refractivity contribution in [1.29, 1.82) is 0 Å². The van der Waals surface area contributed by atoms with Gasteiger partial charge in [-0.3, -0.25) is 9.59 Å². The fraction of sp³-hybridized carbons (Fsp3) is 0.0714. The number of benzene rings is 4. The van der Waals surface area contributed by atoms with Gasteiger partial charge in [-0.2, -0.15) is 0 Å². The van der Waals surface area contributed by atoms with Crippen LogP contribution in [0.25, 0.3) is 11.1 Å². The predicted molar refractivity (Wildman–Crippen MR) is 121 cm³/mol. The Labute approximate surface area is 176 Å². The number of carbonyl (C=O) groups is 2. The van der Waals surface area contributed by atoms with Crippen molar-refractivity contribution in [3.8, 4) is 11.1 Å². The summed E-state index contributed by atoms with van der Waals surface area (Å²) in [6.07, 6.45) is 0. The zero-order valence-electron chi connectivity index (χ0n) is 17.1.